The Balaban J connectivity index is 5.54. The Kier molecular flexibility index (Phi) is 44.6. The molecule has 0 saturated heterocycles. The van der Waals surface area contributed by atoms with E-state index in [-0.39, 0.29) is 64.1 Å². The van der Waals surface area contributed by atoms with Crippen molar-refractivity contribution in [3.63, 3.8) is 0 Å². The summed E-state index contributed by atoms with van der Waals surface area (Å²) < 4.78 is 27.2. The van der Waals surface area contributed by atoms with E-state index in [0.717, 1.165) is 70.6 Å². The molecule has 416 valence electrons. The van der Waals surface area contributed by atoms with Gasteiger partial charge in [-0.1, -0.05) is 181 Å². The monoisotopic (exact) mass is 1030 g/mol. The molecular formula is C53H100N3O14P. The maximum absolute atomic E-state index is 13.5. The van der Waals surface area contributed by atoms with Crippen LogP contribution in [0.1, 0.15) is 258 Å². The molecule has 0 aliphatic rings. The summed E-state index contributed by atoms with van der Waals surface area (Å²) in [6, 6.07) is -2.00. The summed E-state index contributed by atoms with van der Waals surface area (Å²) in [6.45, 7) is 5.78. The number of ether oxygens (including phenoxy) is 2. The van der Waals surface area contributed by atoms with Crippen molar-refractivity contribution in [1.82, 2.24) is 16.0 Å². The van der Waals surface area contributed by atoms with Crippen LogP contribution in [0.5, 0.6) is 0 Å². The number of amides is 3. The van der Waals surface area contributed by atoms with Crippen molar-refractivity contribution in [2.75, 3.05) is 19.8 Å². The van der Waals surface area contributed by atoms with Crippen molar-refractivity contribution in [2.24, 2.45) is 0 Å². The van der Waals surface area contributed by atoms with Crippen LogP contribution in [0.25, 0.3) is 0 Å². The Morgan fingerprint density at radius 1 is 0.521 bits per heavy atom. The first-order valence-electron chi connectivity index (χ1n) is 27.9. The van der Waals surface area contributed by atoms with Gasteiger partial charge < -0.3 is 45.4 Å². The van der Waals surface area contributed by atoms with E-state index < -0.39 is 74.8 Å². The van der Waals surface area contributed by atoms with Crippen LogP contribution in [0, 0.1) is 0 Å². The van der Waals surface area contributed by atoms with E-state index in [1.165, 1.54) is 96.3 Å². The molecule has 0 aromatic heterocycles. The highest BCUT2D eigenvalue weighted by Crippen LogP contribution is 2.35. The summed E-state index contributed by atoms with van der Waals surface area (Å²) >= 11 is 0. The Bertz CT molecular complexity index is 1430. The number of aliphatic hydroxyl groups excluding tert-OH is 1. The van der Waals surface area contributed by atoms with Crippen LogP contribution in [0.2, 0.25) is 0 Å². The van der Waals surface area contributed by atoms with Gasteiger partial charge in [-0.05, 0) is 38.5 Å². The predicted molar refractivity (Wildman–Crippen MR) is 277 cm³/mol. The molecule has 0 saturated carbocycles. The van der Waals surface area contributed by atoms with E-state index in [9.17, 15) is 48.2 Å². The summed E-state index contributed by atoms with van der Waals surface area (Å²) in [5.74, 6) is -3.99. The molecule has 0 aromatic carbocycles. The number of aliphatic hydroxyl groups is 1. The van der Waals surface area contributed by atoms with Crippen LogP contribution in [0.3, 0.4) is 0 Å². The van der Waals surface area contributed by atoms with Crippen LogP contribution in [-0.2, 0) is 47.3 Å². The van der Waals surface area contributed by atoms with Gasteiger partial charge in [0.2, 0.25) is 17.7 Å². The third-order valence-electron chi connectivity index (χ3n) is 12.6. The number of carboxylic acid groups (broad SMARTS) is 1. The van der Waals surface area contributed by atoms with Crippen LogP contribution in [0.4, 0.5) is 0 Å². The van der Waals surface area contributed by atoms with E-state index in [1.54, 1.807) is 0 Å². The second-order valence-electron chi connectivity index (χ2n) is 19.5. The average Bonchev–Trinajstić information content (AvgIpc) is 3.31. The largest absolute Gasteiger partial charge is 0.481 e. The van der Waals surface area contributed by atoms with Crippen LogP contribution in [-0.4, -0.2) is 99.7 Å². The third-order valence-corrected chi connectivity index (χ3v) is 13.1. The maximum Gasteiger partial charge on any atom is 0.469 e. The van der Waals surface area contributed by atoms with E-state index >= 15 is 0 Å². The summed E-state index contributed by atoms with van der Waals surface area (Å²) in [6.07, 6.45) is 28.5. The molecule has 0 aromatic rings. The number of phosphoric ester groups is 1. The van der Waals surface area contributed by atoms with Gasteiger partial charge in [0.15, 0.2) is 0 Å². The number of unbranched alkanes of at least 4 members (excludes halogenated alkanes) is 24. The quantitative estimate of drug-likeness (QED) is 0.0170. The third kappa shape index (κ3) is 46.4. The fourth-order valence-corrected chi connectivity index (χ4v) is 8.72. The number of hydrogen-bond donors (Lipinski definition) is 7. The number of hydrogen-bond acceptors (Lipinski definition) is 11. The Labute approximate surface area is 427 Å². The van der Waals surface area contributed by atoms with Gasteiger partial charge in [0.05, 0.1) is 44.4 Å². The molecule has 0 radical (unpaired) electrons. The second-order valence-corrected chi connectivity index (χ2v) is 20.7. The van der Waals surface area contributed by atoms with Crippen molar-refractivity contribution in [1.29, 1.82) is 0 Å². The Morgan fingerprint density at radius 2 is 1.00 bits per heavy atom. The molecule has 0 heterocycles. The molecular weight excluding hydrogens is 934 g/mol. The summed E-state index contributed by atoms with van der Waals surface area (Å²) in [5.41, 5.74) is 0. The topological polar surface area (TPSA) is 264 Å². The number of nitrogens with one attached hydrogen (secondary N) is 3. The summed E-state index contributed by atoms with van der Waals surface area (Å²) in [7, 11) is -4.89. The smallest absolute Gasteiger partial charge is 0.469 e. The van der Waals surface area contributed by atoms with Crippen molar-refractivity contribution >= 4 is 43.5 Å². The Hall–Kier alpha value is -3.11. The predicted octanol–water partition coefficient (Wildman–Crippen LogP) is 10.6. The fraction of sp³-hybridized carbons (Fsp3) is 0.887. The van der Waals surface area contributed by atoms with Gasteiger partial charge in [-0.2, -0.15) is 0 Å². The lowest BCUT2D eigenvalue weighted by molar-refractivity contribution is -0.151. The summed E-state index contributed by atoms with van der Waals surface area (Å²) in [5, 5.41) is 27.7. The molecule has 18 heteroatoms. The number of carbonyl (C=O) groups is 6. The normalized spacial score (nSPS) is 13.2. The van der Waals surface area contributed by atoms with Gasteiger partial charge >= 0.3 is 25.7 Å². The molecule has 4 atom stereocenters. The Morgan fingerprint density at radius 3 is 1.51 bits per heavy atom. The van der Waals surface area contributed by atoms with Crippen molar-refractivity contribution in [3.05, 3.63) is 0 Å². The lowest BCUT2D eigenvalue weighted by Gasteiger charge is -2.22. The van der Waals surface area contributed by atoms with Gasteiger partial charge in [-0.15, -0.1) is 0 Å². The van der Waals surface area contributed by atoms with Gasteiger partial charge in [0.25, 0.3) is 0 Å². The molecule has 17 nitrogen and oxygen atoms in total. The SMILES string of the molecule is CCCCCCCCCCCC(=O)O[C@H](CCCCCCCCCCC)CC(=O)N[C@@H](CCOP(=O)(O)O)C(=O)NCCC[C@H](COC(=O)CCC(=O)O)NC(=O)C[C@H](O)CCCCCCCCCCC. The molecule has 0 rings (SSSR count). The zero-order valence-electron chi connectivity index (χ0n) is 44.4. The highest BCUT2D eigenvalue weighted by Gasteiger charge is 2.26. The molecule has 0 aliphatic carbocycles. The van der Waals surface area contributed by atoms with E-state index in [2.05, 4.69) is 41.2 Å². The molecule has 0 unspecified atom stereocenters. The highest BCUT2D eigenvalue weighted by molar-refractivity contribution is 7.46. The zero-order chi connectivity index (χ0) is 52.8. The number of esters is 2. The highest BCUT2D eigenvalue weighted by atomic mass is 31.2. The fourth-order valence-electron chi connectivity index (χ4n) is 8.38. The van der Waals surface area contributed by atoms with E-state index in [1.807, 2.05) is 0 Å². The number of aliphatic carboxylic acids is 1. The van der Waals surface area contributed by atoms with Gasteiger partial charge in [0.1, 0.15) is 18.8 Å². The van der Waals surface area contributed by atoms with Crippen molar-refractivity contribution in [3.8, 4) is 0 Å². The van der Waals surface area contributed by atoms with Crippen LogP contribution < -0.4 is 16.0 Å². The standard InChI is InChI=1S/C53H100N3O14P/c1-4-7-10-13-16-19-22-25-28-33-45(57)41-48(58)55-44(43-68-51(62)37-36-50(60)61)32-31-39-54-53(64)47(38-40-69-71(65,66)67)56-49(59)42-46(34-29-26-23-20-17-14-11-8-5-2)70-52(63)35-30-27-24-21-18-15-12-9-6-3/h44-47,57H,4-43H2,1-3H3,(H,54,64)(H,55,58)(H,56,59)(H,60,61)(H2,65,66,67)/t44-,45-,46-,47+/m1/s1. The molecule has 0 bridgehead atoms. The molecule has 3 amide bonds. The molecule has 7 N–H and O–H groups in total. The van der Waals surface area contributed by atoms with Crippen molar-refractivity contribution in [2.45, 2.75) is 283 Å². The number of phosphoric acid groups is 1. The van der Waals surface area contributed by atoms with Gasteiger partial charge in [0, 0.05) is 19.4 Å². The lowest BCUT2D eigenvalue weighted by Crippen LogP contribution is -2.48. The van der Waals surface area contributed by atoms with Gasteiger partial charge in [-0.25, -0.2) is 4.57 Å². The first-order chi connectivity index (χ1) is 34.1. The molecule has 71 heavy (non-hydrogen) atoms. The second kappa shape index (κ2) is 46.7. The minimum Gasteiger partial charge on any atom is -0.481 e. The number of carboxylic acids is 1. The van der Waals surface area contributed by atoms with E-state index in [4.69, 9.17) is 14.6 Å². The van der Waals surface area contributed by atoms with Crippen LogP contribution in [0.15, 0.2) is 0 Å². The molecule has 0 aliphatic heterocycles. The lowest BCUT2D eigenvalue weighted by atomic mass is 10.0. The maximum atomic E-state index is 13.5. The molecule has 0 spiro atoms. The average molecular weight is 1030 g/mol. The van der Waals surface area contributed by atoms with Crippen LogP contribution >= 0.6 is 7.82 Å². The molecule has 0 fully saturated rings. The van der Waals surface area contributed by atoms with E-state index in [0.29, 0.717) is 19.3 Å². The summed E-state index contributed by atoms with van der Waals surface area (Å²) in [4.78, 5) is 94.8. The minimum absolute atomic E-state index is 0.0306. The first-order valence-corrected chi connectivity index (χ1v) is 29.4. The zero-order valence-corrected chi connectivity index (χ0v) is 45.3. The van der Waals surface area contributed by atoms with Crippen molar-refractivity contribution < 1.29 is 67.3 Å². The number of carbonyl (C=O) groups excluding carboxylic acids is 5. The first kappa shape index (κ1) is 67.9. The minimum atomic E-state index is -4.89. The number of rotatable bonds is 51. The van der Waals surface area contributed by atoms with Gasteiger partial charge in [-0.3, -0.25) is 33.3 Å².